The van der Waals surface area contributed by atoms with E-state index >= 15 is 0 Å². The van der Waals surface area contributed by atoms with E-state index in [4.69, 9.17) is 4.74 Å². The summed E-state index contributed by atoms with van der Waals surface area (Å²) >= 11 is 0. The molecule has 1 N–H and O–H groups in total. The molecule has 0 saturated carbocycles. The van der Waals surface area contributed by atoms with Gasteiger partial charge in [0.1, 0.15) is 0 Å². The van der Waals surface area contributed by atoms with Gasteiger partial charge in [-0.2, -0.15) is 0 Å². The molecule has 0 bridgehead atoms. The summed E-state index contributed by atoms with van der Waals surface area (Å²) in [5, 5.41) is 3.67. The second-order valence-corrected chi connectivity index (χ2v) is 7.11. The topological polar surface area (TPSA) is 24.5 Å². The lowest BCUT2D eigenvalue weighted by molar-refractivity contribution is -0.00999. The lowest BCUT2D eigenvalue weighted by Gasteiger charge is -2.43. The van der Waals surface area contributed by atoms with Gasteiger partial charge in [-0.25, -0.2) is 0 Å². The minimum absolute atomic E-state index is 0.448. The van der Waals surface area contributed by atoms with Gasteiger partial charge in [-0.15, -0.1) is 0 Å². The molecule has 2 rings (SSSR count). The van der Waals surface area contributed by atoms with Crippen LogP contribution in [0.2, 0.25) is 0 Å². The molecule has 0 aliphatic carbocycles. The van der Waals surface area contributed by atoms with Crippen molar-refractivity contribution in [2.45, 2.75) is 52.5 Å². The van der Waals surface area contributed by atoms with E-state index in [9.17, 15) is 0 Å². The van der Waals surface area contributed by atoms with Crippen LogP contribution in [0.5, 0.6) is 0 Å². The van der Waals surface area contributed by atoms with Gasteiger partial charge in [0.25, 0.3) is 0 Å². The summed E-state index contributed by atoms with van der Waals surface area (Å²) in [6, 6.07) is 0.584. The molecule has 0 atom stereocenters. The second-order valence-electron chi connectivity index (χ2n) is 7.11. The lowest BCUT2D eigenvalue weighted by Crippen LogP contribution is -2.50. The van der Waals surface area contributed by atoms with Gasteiger partial charge in [0.2, 0.25) is 0 Å². The van der Waals surface area contributed by atoms with Crippen molar-refractivity contribution >= 4 is 0 Å². The highest BCUT2D eigenvalue weighted by molar-refractivity contribution is 4.88. The molecule has 0 unspecified atom stereocenters. The number of hydrogen-bond acceptors (Lipinski definition) is 3. The van der Waals surface area contributed by atoms with Crippen LogP contribution in [0.25, 0.3) is 0 Å². The van der Waals surface area contributed by atoms with Crippen LogP contribution in [0.4, 0.5) is 0 Å². The van der Waals surface area contributed by atoms with Gasteiger partial charge in [0.05, 0.1) is 0 Å². The molecule has 2 fully saturated rings. The smallest absolute Gasteiger partial charge is 0.0472 e. The maximum absolute atomic E-state index is 5.59. The fourth-order valence-corrected chi connectivity index (χ4v) is 3.31. The van der Waals surface area contributed by atoms with Gasteiger partial charge >= 0.3 is 0 Å². The standard InChI is InChI=1S/C16H32N2O/c1-14(2)17-12-16(6-10-19-11-7-16)13-18-8-4-15(3)5-9-18/h14-15,17H,4-13H2,1-3H3. The lowest BCUT2D eigenvalue weighted by atomic mass is 9.78. The maximum atomic E-state index is 5.59. The van der Waals surface area contributed by atoms with Gasteiger partial charge in [-0.3, -0.25) is 0 Å². The zero-order chi connectivity index (χ0) is 13.7. The third kappa shape index (κ3) is 4.73. The quantitative estimate of drug-likeness (QED) is 0.829. The number of piperidine rings is 1. The third-order valence-corrected chi connectivity index (χ3v) is 4.87. The Hall–Kier alpha value is -0.120. The predicted molar refractivity (Wildman–Crippen MR) is 80.5 cm³/mol. The van der Waals surface area contributed by atoms with E-state index in [1.165, 1.54) is 45.3 Å². The summed E-state index contributed by atoms with van der Waals surface area (Å²) in [6.07, 6.45) is 5.20. The van der Waals surface area contributed by atoms with Crippen LogP contribution in [0, 0.1) is 11.3 Å². The minimum atomic E-state index is 0.448. The van der Waals surface area contributed by atoms with Gasteiger partial charge in [-0.05, 0) is 50.1 Å². The molecule has 2 aliphatic rings. The SMILES string of the molecule is CC1CCN(CC2(CNC(C)C)CCOCC2)CC1. The van der Waals surface area contributed by atoms with Gasteiger partial charge in [0, 0.05) is 32.3 Å². The summed E-state index contributed by atoms with van der Waals surface area (Å²) in [6.45, 7) is 13.8. The average Bonchev–Trinajstić information content (AvgIpc) is 2.41. The van der Waals surface area contributed by atoms with Gasteiger partial charge in [-0.1, -0.05) is 20.8 Å². The van der Waals surface area contributed by atoms with Crippen LogP contribution in [-0.4, -0.2) is 50.3 Å². The van der Waals surface area contributed by atoms with Crippen LogP contribution in [0.3, 0.4) is 0 Å². The first-order valence-electron chi connectivity index (χ1n) is 8.13. The van der Waals surface area contributed by atoms with E-state index in [2.05, 4.69) is 31.0 Å². The van der Waals surface area contributed by atoms with Crippen LogP contribution in [-0.2, 0) is 4.74 Å². The summed E-state index contributed by atoms with van der Waals surface area (Å²) in [4.78, 5) is 2.70. The first kappa shape index (κ1) is 15.3. The number of nitrogens with one attached hydrogen (secondary N) is 1. The molecule has 19 heavy (non-hydrogen) atoms. The Balaban J connectivity index is 1.89. The Labute approximate surface area is 119 Å². The van der Waals surface area contributed by atoms with E-state index < -0.39 is 0 Å². The molecule has 0 amide bonds. The number of ether oxygens (including phenoxy) is 1. The van der Waals surface area contributed by atoms with Crippen molar-refractivity contribution in [3.8, 4) is 0 Å². The molecule has 0 aromatic rings. The minimum Gasteiger partial charge on any atom is -0.381 e. The van der Waals surface area contributed by atoms with Gasteiger partial charge in [0.15, 0.2) is 0 Å². The van der Waals surface area contributed by atoms with Crippen molar-refractivity contribution in [2.75, 3.05) is 39.4 Å². The monoisotopic (exact) mass is 268 g/mol. The van der Waals surface area contributed by atoms with Crippen molar-refractivity contribution in [3.63, 3.8) is 0 Å². The molecular weight excluding hydrogens is 236 g/mol. The second kappa shape index (κ2) is 7.05. The summed E-state index contributed by atoms with van der Waals surface area (Å²) in [7, 11) is 0. The van der Waals surface area contributed by atoms with Gasteiger partial charge < -0.3 is 15.0 Å². The molecule has 112 valence electrons. The van der Waals surface area contributed by atoms with E-state index in [-0.39, 0.29) is 0 Å². The Morgan fingerprint density at radius 3 is 2.42 bits per heavy atom. The molecular formula is C16H32N2O. The number of nitrogens with zero attached hydrogens (tertiary/aromatic N) is 1. The molecule has 0 aromatic carbocycles. The highest BCUT2D eigenvalue weighted by atomic mass is 16.5. The zero-order valence-electron chi connectivity index (χ0n) is 13.1. The Morgan fingerprint density at radius 1 is 1.21 bits per heavy atom. The molecule has 2 aliphatic heterocycles. The predicted octanol–water partition coefficient (Wildman–Crippen LogP) is 2.51. The van der Waals surface area contributed by atoms with Crippen molar-refractivity contribution in [2.24, 2.45) is 11.3 Å². The van der Waals surface area contributed by atoms with E-state index in [1.54, 1.807) is 0 Å². The third-order valence-electron chi connectivity index (χ3n) is 4.87. The first-order valence-corrected chi connectivity index (χ1v) is 8.13. The molecule has 0 radical (unpaired) electrons. The molecule has 2 saturated heterocycles. The van der Waals surface area contributed by atoms with Crippen molar-refractivity contribution in [1.29, 1.82) is 0 Å². The average molecular weight is 268 g/mol. The van der Waals surface area contributed by atoms with E-state index in [0.29, 0.717) is 11.5 Å². The Morgan fingerprint density at radius 2 is 1.84 bits per heavy atom. The van der Waals surface area contributed by atoms with Crippen LogP contribution in [0.1, 0.15) is 46.5 Å². The van der Waals surface area contributed by atoms with Crippen LogP contribution in [0.15, 0.2) is 0 Å². The van der Waals surface area contributed by atoms with Crippen molar-refractivity contribution in [1.82, 2.24) is 10.2 Å². The first-order chi connectivity index (χ1) is 9.10. The van der Waals surface area contributed by atoms with Crippen molar-refractivity contribution in [3.05, 3.63) is 0 Å². The largest absolute Gasteiger partial charge is 0.381 e. The van der Waals surface area contributed by atoms with E-state index in [1.807, 2.05) is 0 Å². The summed E-state index contributed by atoms with van der Waals surface area (Å²) in [5.41, 5.74) is 0.448. The fraction of sp³-hybridized carbons (Fsp3) is 1.00. The molecule has 3 nitrogen and oxygen atoms in total. The fourth-order valence-electron chi connectivity index (χ4n) is 3.31. The summed E-state index contributed by atoms with van der Waals surface area (Å²) in [5.74, 6) is 0.927. The number of likely N-dealkylation sites (tertiary alicyclic amines) is 1. The summed E-state index contributed by atoms with van der Waals surface area (Å²) < 4.78 is 5.59. The molecule has 0 aromatic heterocycles. The Kier molecular flexibility index (Phi) is 5.67. The number of hydrogen-bond donors (Lipinski definition) is 1. The molecule has 3 heteroatoms. The highest BCUT2D eigenvalue weighted by Crippen LogP contribution is 2.32. The van der Waals surface area contributed by atoms with Crippen LogP contribution >= 0.6 is 0 Å². The zero-order valence-corrected chi connectivity index (χ0v) is 13.1. The maximum Gasteiger partial charge on any atom is 0.0472 e. The highest BCUT2D eigenvalue weighted by Gasteiger charge is 2.35. The van der Waals surface area contributed by atoms with Crippen molar-refractivity contribution < 1.29 is 4.74 Å². The Bertz CT molecular complexity index is 253. The van der Waals surface area contributed by atoms with E-state index in [0.717, 1.165) is 25.7 Å². The normalized spacial score (nSPS) is 25.9. The van der Waals surface area contributed by atoms with Crippen LogP contribution < -0.4 is 5.32 Å². The molecule has 0 spiro atoms. The molecule has 2 heterocycles. The number of rotatable bonds is 5.